The highest BCUT2D eigenvalue weighted by molar-refractivity contribution is 5.71. The summed E-state index contributed by atoms with van der Waals surface area (Å²) >= 11 is 0. The molecule has 6 heteroatoms. The first-order chi connectivity index (χ1) is 38.0. The van der Waals surface area contributed by atoms with Gasteiger partial charge in [-0.25, -0.2) is 0 Å². The summed E-state index contributed by atoms with van der Waals surface area (Å²) in [7, 11) is 0. The van der Waals surface area contributed by atoms with Crippen LogP contribution in [0.5, 0.6) is 0 Å². The third-order valence-corrected chi connectivity index (χ3v) is 13.1. The summed E-state index contributed by atoms with van der Waals surface area (Å²) in [5.41, 5.74) is 0. The zero-order valence-corrected chi connectivity index (χ0v) is 49.9. The Morgan fingerprint density at radius 2 is 0.506 bits per heavy atom. The van der Waals surface area contributed by atoms with Crippen LogP contribution in [-0.2, 0) is 28.6 Å². The lowest BCUT2D eigenvalue weighted by molar-refractivity contribution is -0.167. The predicted molar refractivity (Wildman–Crippen MR) is 334 cm³/mol. The molecule has 1 unspecified atom stereocenters. The van der Waals surface area contributed by atoms with Crippen LogP contribution in [0.3, 0.4) is 0 Å². The lowest BCUT2D eigenvalue weighted by Gasteiger charge is -2.18. The Morgan fingerprint density at radius 3 is 0.792 bits per heavy atom. The molecule has 0 saturated carbocycles. The lowest BCUT2D eigenvalue weighted by Crippen LogP contribution is -2.30. The van der Waals surface area contributed by atoms with E-state index in [2.05, 4.69) is 154 Å². The average molecular weight is 1070 g/mol. The molecule has 0 rings (SSSR count). The minimum absolute atomic E-state index is 0.0933. The highest BCUT2D eigenvalue weighted by Gasteiger charge is 2.19. The van der Waals surface area contributed by atoms with Gasteiger partial charge in [0.2, 0.25) is 0 Å². The van der Waals surface area contributed by atoms with E-state index in [4.69, 9.17) is 14.2 Å². The smallest absolute Gasteiger partial charge is 0.306 e. The molecule has 77 heavy (non-hydrogen) atoms. The standard InChI is InChI=1S/C71H116O6/c1-4-7-10-13-16-19-22-25-27-29-31-32-33-34-35-36-37-38-40-41-43-46-49-52-55-58-61-64-70(73)76-67-68(66-75-69(72)63-60-57-54-51-48-45-24-21-18-15-12-9-6-3)77-71(74)65-62-59-56-53-50-47-44-42-39-30-28-26-23-20-17-14-11-8-5-2/h7-8,10-12,15-17,19-21,24-28,31-32,34-35,39,42,68H,4-6,9,13-14,18,22-23,29-30,33,36-38,40-41,43-67H2,1-3H3/b10-7-,11-8-,15-12-,19-16-,20-17-,24-21-,27-25-,28-26-,32-31-,35-34-,42-39-. The number of allylic oxidation sites excluding steroid dienone is 22. The summed E-state index contributed by atoms with van der Waals surface area (Å²) in [6.45, 7) is 6.33. The van der Waals surface area contributed by atoms with Crippen LogP contribution in [0.4, 0.5) is 0 Å². The summed E-state index contributed by atoms with van der Waals surface area (Å²) in [6.07, 6.45) is 90.2. The van der Waals surface area contributed by atoms with Gasteiger partial charge < -0.3 is 14.2 Å². The first kappa shape index (κ1) is 72.5. The van der Waals surface area contributed by atoms with Crippen LogP contribution in [0.2, 0.25) is 0 Å². The minimum atomic E-state index is -0.798. The molecule has 0 amide bonds. The number of hydrogen-bond donors (Lipinski definition) is 0. The highest BCUT2D eigenvalue weighted by atomic mass is 16.6. The van der Waals surface area contributed by atoms with Crippen molar-refractivity contribution in [1.82, 2.24) is 0 Å². The van der Waals surface area contributed by atoms with Gasteiger partial charge in [0.25, 0.3) is 0 Å². The number of esters is 3. The molecule has 0 aliphatic heterocycles. The van der Waals surface area contributed by atoms with Crippen molar-refractivity contribution >= 4 is 17.9 Å². The number of ether oxygens (including phenoxy) is 3. The number of unbranched alkanes of at least 4 members (excludes halogenated alkanes) is 23. The van der Waals surface area contributed by atoms with E-state index in [1.54, 1.807) is 0 Å². The quantitative estimate of drug-likeness (QED) is 0.0261. The van der Waals surface area contributed by atoms with Gasteiger partial charge >= 0.3 is 17.9 Å². The van der Waals surface area contributed by atoms with Gasteiger partial charge in [-0.1, -0.05) is 264 Å². The fourth-order valence-corrected chi connectivity index (χ4v) is 8.44. The number of carbonyl (C=O) groups is 3. The molecule has 0 N–H and O–H groups in total. The Labute approximate surface area is 475 Å². The summed E-state index contributed by atoms with van der Waals surface area (Å²) in [4.78, 5) is 38.3. The van der Waals surface area contributed by atoms with Gasteiger partial charge in [-0.2, -0.15) is 0 Å². The maximum absolute atomic E-state index is 12.9. The zero-order valence-electron chi connectivity index (χ0n) is 49.9. The molecule has 0 saturated heterocycles. The lowest BCUT2D eigenvalue weighted by atomic mass is 10.0. The summed E-state index contributed by atoms with van der Waals surface area (Å²) < 4.78 is 16.9. The molecule has 0 spiro atoms. The maximum Gasteiger partial charge on any atom is 0.306 e. The maximum atomic E-state index is 12.9. The first-order valence-corrected chi connectivity index (χ1v) is 31.7. The normalized spacial score (nSPS) is 13.0. The van der Waals surface area contributed by atoms with E-state index in [1.807, 2.05) is 0 Å². The van der Waals surface area contributed by atoms with E-state index in [-0.39, 0.29) is 31.1 Å². The predicted octanol–water partition coefficient (Wildman–Crippen LogP) is 21.8. The van der Waals surface area contributed by atoms with E-state index < -0.39 is 6.10 Å². The van der Waals surface area contributed by atoms with E-state index in [9.17, 15) is 14.4 Å². The van der Waals surface area contributed by atoms with Crippen LogP contribution in [0.15, 0.2) is 134 Å². The molecule has 0 aromatic carbocycles. The largest absolute Gasteiger partial charge is 0.462 e. The van der Waals surface area contributed by atoms with Gasteiger partial charge in [0.05, 0.1) is 0 Å². The molecule has 0 fully saturated rings. The Balaban J connectivity index is 4.35. The van der Waals surface area contributed by atoms with Crippen molar-refractivity contribution in [2.45, 2.75) is 284 Å². The number of hydrogen-bond acceptors (Lipinski definition) is 6. The topological polar surface area (TPSA) is 78.9 Å². The molecule has 0 aromatic heterocycles. The monoisotopic (exact) mass is 1060 g/mol. The van der Waals surface area contributed by atoms with Crippen molar-refractivity contribution in [3.05, 3.63) is 134 Å². The molecule has 6 nitrogen and oxygen atoms in total. The Kier molecular flexibility index (Phi) is 60.4. The van der Waals surface area contributed by atoms with Gasteiger partial charge in [-0.05, 0) is 128 Å². The van der Waals surface area contributed by atoms with Crippen molar-refractivity contribution in [2.24, 2.45) is 0 Å². The molecule has 436 valence electrons. The van der Waals surface area contributed by atoms with E-state index >= 15 is 0 Å². The molecule has 0 aliphatic carbocycles. The molecular formula is C71H116O6. The zero-order chi connectivity index (χ0) is 55.7. The van der Waals surface area contributed by atoms with Gasteiger partial charge in [-0.15, -0.1) is 0 Å². The molecule has 0 heterocycles. The van der Waals surface area contributed by atoms with Crippen molar-refractivity contribution in [3.8, 4) is 0 Å². The summed E-state index contributed by atoms with van der Waals surface area (Å²) in [5.74, 6) is -0.923. The molecule has 1 atom stereocenters. The van der Waals surface area contributed by atoms with E-state index in [1.165, 1.54) is 77.0 Å². The molecular weight excluding hydrogens is 949 g/mol. The Morgan fingerprint density at radius 1 is 0.273 bits per heavy atom. The Hall–Kier alpha value is -4.45. The third kappa shape index (κ3) is 62.3. The SMILES string of the molecule is CC/C=C\C/C=C\C/C=C\C/C=C\C/C=C\CCCCCCCCCCCCCC(=O)OCC(COC(=O)CCCCCCC/C=C\C/C=C\CCC)OC(=O)CCCCCCCC/C=C\C/C=C\C/C=C\C/C=C\CC. The van der Waals surface area contributed by atoms with Gasteiger partial charge in [0.1, 0.15) is 13.2 Å². The average Bonchev–Trinajstić information content (AvgIpc) is 3.43. The first-order valence-electron chi connectivity index (χ1n) is 31.7. The molecule has 0 aliphatic rings. The second kappa shape index (κ2) is 64.1. The molecule has 0 aromatic rings. The second-order valence-corrected chi connectivity index (χ2v) is 20.5. The van der Waals surface area contributed by atoms with Crippen molar-refractivity contribution in [2.75, 3.05) is 13.2 Å². The fraction of sp³-hybridized carbons (Fsp3) is 0.648. The van der Waals surface area contributed by atoms with Crippen LogP contribution in [-0.4, -0.2) is 37.2 Å². The van der Waals surface area contributed by atoms with Crippen LogP contribution in [0, 0.1) is 0 Å². The highest BCUT2D eigenvalue weighted by Crippen LogP contribution is 2.15. The van der Waals surface area contributed by atoms with Crippen LogP contribution in [0.1, 0.15) is 278 Å². The van der Waals surface area contributed by atoms with E-state index in [0.29, 0.717) is 19.3 Å². The van der Waals surface area contributed by atoms with Crippen LogP contribution in [0.25, 0.3) is 0 Å². The van der Waals surface area contributed by atoms with Crippen LogP contribution < -0.4 is 0 Å². The van der Waals surface area contributed by atoms with Gasteiger partial charge in [-0.3, -0.25) is 14.4 Å². The van der Waals surface area contributed by atoms with Crippen LogP contribution >= 0.6 is 0 Å². The van der Waals surface area contributed by atoms with Crippen molar-refractivity contribution in [3.63, 3.8) is 0 Å². The van der Waals surface area contributed by atoms with E-state index in [0.717, 1.165) is 161 Å². The fourth-order valence-electron chi connectivity index (χ4n) is 8.44. The minimum Gasteiger partial charge on any atom is -0.462 e. The van der Waals surface area contributed by atoms with Gasteiger partial charge in [0.15, 0.2) is 6.10 Å². The summed E-state index contributed by atoms with van der Waals surface area (Å²) in [5, 5.41) is 0. The second-order valence-electron chi connectivity index (χ2n) is 20.5. The number of carbonyl (C=O) groups excluding carboxylic acids is 3. The van der Waals surface area contributed by atoms with Crippen molar-refractivity contribution in [1.29, 1.82) is 0 Å². The third-order valence-electron chi connectivity index (χ3n) is 13.1. The van der Waals surface area contributed by atoms with Crippen molar-refractivity contribution < 1.29 is 28.6 Å². The van der Waals surface area contributed by atoms with Gasteiger partial charge in [0, 0.05) is 19.3 Å². The molecule has 0 radical (unpaired) electrons. The number of rotatable bonds is 56. The summed E-state index contributed by atoms with van der Waals surface area (Å²) in [6, 6.07) is 0. The molecule has 0 bridgehead atoms. The Bertz CT molecular complexity index is 1650.